The van der Waals surface area contributed by atoms with E-state index in [0.29, 0.717) is 0 Å². The Morgan fingerprint density at radius 2 is 2.08 bits per heavy atom. The molecule has 3 nitrogen and oxygen atoms in total. The molecule has 0 rings (SSSR count). The molecular formula is C8H11Cl2NO2. The molecule has 0 fully saturated rings. The van der Waals surface area contributed by atoms with Crippen LogP contribution in [0.5, 0.6) is 0 Å². The number of alkyl halides is 2. The van der Waals surface area contributed by atoms with Gasteiger partial charge in [-0.3, -0.25) is 9.59 Å². The normalized spacial score (nSPS) is 9.85. The van der Waals surface area contributed by atoms with Crippen molar-refractivity contribution in [2.45, 2.75) is 11.8 Å². The number of carbonyl (C=O) groups is 2. The Hall–Kier alpha value is -0.540. The summed E-state index contributed by atoms with van der Waals surface area (Å²) >= 11 is 10.7. The van der Waals surface area contributed by atoms with Gasteiger partial charge >= 0.3 is 0 Å². The van der Waals surface area contributed by atoms with Crippen LogP contribution < -0.4 is 0 Å². The molecule has 0 aromatic heterocycles. The van der Waals surface area contributed by atoms with Gasteiger partial charge in [0.05, 0.1) is 6.54 Å². The Balaban J connectivity index is 4.31. The van der Waals surface area contributed by atoms with Crippen LogP contribution in [0.25, 0.3) is 0 Å². The first-order chi connectivity index (χ1) is 5.99. The number of ketones is 1. The number of hydrogen-bond donors (Lipinski definition) is 0. The monoisotopic (exact) mass is 223 g/mol. The summed E-state index contributed by atoms with van der Waals surface area (Å²) in [6, 6.07) is 0. The van der Waals surface area contributed by atoms with Crippen LogP contribution in [0.2, 0.25) is 0 Å². The van der Waals surface area contributed by atoms with Crippen LogP contribution in [-0.2, 0) is 9.59 Å². The molecule has 0 aromatic carbocycles. The highest BCUT2D eigenvalue weighted by molar-refractivity contribution is 6.53. The van der Waals surface area contributed by atoms with E-state index in [4.69, 9.17) is 23.2 Å². The van der Waals surface area contributed by atoms with Crippen LogP contribution in [0.3, 0.4) is 0 Å². The van der Waals surface area contributed by atoms with E-state index >= 15 is 0 Å². The minimum Gasteiger partial charge on any atom is -0.329 e. The third-order valence-electron chi connectivity index (χ3n) is 1.26. The van der Waals surface area contributed by atoms with Crippen molar-refractivity contribution in [1.29, 1.82) is 0 Å². The molecular weight excluding hydrogens is 213 g/mol. The number of halogens is 2. The average Bonchev–Trinajstić information content (AvgIpc) is 2.01. The van der Waals surface area contributed by atoms with E-state index in [9.17, 15) is 9.59 Å². The summed E-state index contributed by atoms with van der Waals surface area (Å²) in [6.45, 7) is 5.13. The number of amides is 1. The molecule has 0 aliphatic rings. The lowest BCUT2D eigenvalue weighted by Gasteiger charge is -2.19. The quantitative estimate of drug-likeness (QED) is 0.522. The number of rotatable bonds is 5. The fourth-order valence-electron chi connectivity index (χ4n) is 0.795. The van der Waals surface area contributed by atoms with E-state index in [0.717, 1.165) is 0 Å². The van der Waals surface area contributed by atoms with Crippen LogP contribution in [0.15, 0.2) is 12.7 Å². The number of hydrogen-bond acceptors (Lipinski definition) is 2. The van der Waals surface area contributed by atoms with Crippen molar-refractivity contribution in [3.63, 3.8) is 0 Å². The van der Waals surface area contributed by atoms with Gasteiger partial charge in [-0.25, -0.2) is 0 Å². The van der Waals surface area contributed by atoms with Gasteiger partial charge < -0.3 is 4.90 Å². The van der Waals surface area contributed by atoms with Gasteiger partial charge in [-0.15, -0.1) is 6.58 Å². The maximum atomic E-state index is 11.2. The van der Waals surface area contributed by atoms with Gasteiger partial charge in [0.15, 0.2) is 4.84 Å². The van der Waals surface area contributed by atoms with E-state index in [1.54, 1.807) is 0 Å². The Labute approximate surface area is 87.3 Å². The molecule has 0 aromatic rings. The molecule has 0 heterocycles. The highest BCUT2D eigenvalue weighted by Gasteiger charge is 2.19. The van der Waals surface area contributed by atoms with E-state index in [1.807, 2.05) is 0 Å². The van der Waals surface area contributed by atoms with Gasteiger partial charge in [-0.1, -0.05) is 29.3 Å². The summed E-state index contributed by atoms with van der Waals surface area (Å²) in [6.07, 6.45) is 1.51. The van der Waals surface area contributed by atoms with Gasteiger partial charge in [0, 0.05) is 6.54 Å². The molecule has 0 atom stereocenters. The Morgan fingerprint density at radius 3 is 2.38 bits per heavy atom. The Kier molecular flexibility index (Phi) is 5.75. The van der Waals surface area contributed by atoms with E-state index in [-0.39, 0.29) is 18.9 Å². The van der Waals surface area contributed by atoms with Crippen LogP contribution in [0, 0.1) is 0 Å². The first kappa shape index (κ1) is 12.5. The maximum absolute atomic E-state index is 11.2. The maximum Gasteiger partial charge on any atom is 0.256 e. The molecule has 0 spiro atoms. The van der Waals surface area contributed by atoms with Crippen molar-refractivity contribution < 1.29 is 9.59 Å². The van der Waals surface area contributed by atoms with Crippen molar-refractivity contribution in [3.8, 4) is 0 Å². The standard InChI is InChI=1S/C8H11Cl2NO2/c1-3-4-11(5-6(2)12)8(13)7(9)10/h3,7H,1,4-5H2,2H3. The van der Waals surface area contributed by atoms with Crippen molar-refractivity contribution in [3.05, 3.63) is 12.7 Å². The van der Waals surface area contributed by atoms with Gasteiger partial charge in [0.2, 0.25) is 0 Å². The van der Waals surface area contributed by atoms with Gasteiger partial charge in [0.1, 0.15) is 5.78 Å². The molecule has 0 saturated heterocycles. The summed E-state index contributed by atoms with van der Waals surface area (Å²) in [7, 11) is 0. The van der Waals surface area contributed by atoms with E-state index in [2.05, 4.69) is 6.58 Å². The predicted octanol–water partition coefficient (Wildman–Crippen LogP) is 1.39. The lowest BCUT2D eigenvalue weighted by Crippen LogP contribution is -2.38. The van der Waals surface area contributed by atoms with E-state index < -0.39 is 10.7 Å². The fraction of sp³-hybridized carbons (Fsp3) is 0.500. The number of Topliss-reactive ketones (excluding diaryl/α,β-unsaturated/α-hetero) is 1. The average molecular weight is 224 g/mol. The van der Waals surface area contributed by atoms with Crippen LogP contribution in [0.4, 0.5) is 0 Å². The zero-order valence-corrected chi connectivity index (χ0v) is 8.81. The second-order valence-corrected chi connectivity index (χ2v) is 3.61. The first-order valence-corrected chi connectivity index (χ1v) is 4.53. The first-order valence-electron chi connectivity index (χ1n) is 3.66. The highest BCUT2D eigenvalue weighted by atomic mass is 35.5. The van der Waals surface area contributed by atoms with Crippen LogP contribution in [0.1, 0.15) is 6.92 Å². The van der Waals surface area contributed by atoms with Crippen LogP contribution in [-0.4, -0.2) is 34.5 Å². The summed E-state index contributed by atoms with van der Waals surface area (Å²) in [5, 5.41) is 0. The second kappa shape index (κ2) is 6.00. The molecule has 0 unspecified atom stereocenters. The van der Waals surface area contributed by atoms with Crippen molar-refractivity contribution in [1.82, 2.24) is 4.90 Å². The van der Waals surface area contributed by atoms with Gasteiger partial charge in [0.25, 0.3) is 5.91 Å². The summed E-state index contributed by atoms with van der Waals surface area (Å²) in [4.78, 5) is 22.1. The third kappa shape index (κ3) is 4.90. The number of nitrogens with zero attached hydrogens (tertiary/aromatic N) is 1. The lowest BCUT2D eigenvalue weighted by molar-refractivity contribution is -0.132. The minimum absolute atomic E-state index is 0.0147. The zero-order valence-electron chi connectivity index (χ0n) is 7.30. The summed E-state index contributed by atoms with van der Waals surface area (Å²) in [5.74, 6) is -0.595. The minimum atomic E-state index is -1.13. The zero-order chi connectivity index (χ0) is 10.4. The fourth-order valence-corrected chi connectivity index (χ4v) is 1.07. The summed E-state index contributed by atoms with van der Waals surface area (Å²) in [5.41, 5.74) is 0. The number of carbonyl (C=O) groups excluding carboxylic acids is 2. The molecule has 0 radical (unpaired) electrons. The Morgan fingerprint density at radius 1 is 1.54 bits per heavy atom. The van der Waals surface area contributed by atoms with E-state index in [1.165, 1.54) is 17.9 Å². The molecule has 74 valence electrons. The van der Waals surface area contributed by atoms with Gasteiger partial charge in [-0.05, 0) is 6.92 Å². The van der Waals surface area contributed by atoms with Crippen molar-refractivity contribution in [2.75, 3.05) is 13.1 Å². The second-order valence-electron chi connectivity index (χ2n) is 2.51. The highest BCUT2D eigenvalue weighted by Crippen LogP contribution is 2.06. The molecule has 0 N–H and O–H groups in total. The third-order valence-corrected chi connectivity index (χ3v) is 1.63. The van der Waals surface area contributed by atoms with Crippen molar-refractivity contribution in [2.24, 2.45) is 0 Å². The molecule has 5 heteroatoms. The molecule has 1 amide bonds. The smallest absolute Gasteiger partial charge is 0.256 e. The van der Waals surface area contributed by atoms with Crippen molar-refractivity contribution >= 4 is 34.9 Å². The SMILES string of the molecule is C=CCN(CC(C)=O)C(=O)C(Cl)Cl. The van der Waals surface area contributed by atoms with Gasteiger partial charge in [-0.2, -0.15) is 0 Å². The molecule has 13 heavy (non-hydrogen) atoms. The molecule has 0 bridgehead atoms. The largest absolute Gasteiger partial charge is 0.329 e. The Bertz CT molecular complexity index is 216. The molecule has 0 saturated carbocycles. The predicted molar refractivity (Wildman–Crippen MR) is 53.0 cm³/mol. The summed E-state index contributed by atoms with van der Waals surface area (Å²) < 4.78 is 0. The van der Waals surface area contributed by atoms with Crippen LogP contribution >= 0.6 is 23.2 Å². The molecule has 0 aliphatic carbocycles. The molecule has 0 aliphatic heterocycles. The topological polar surface area (TPSA) is 37.4 Å². The lowest BCUT2D eigenvalue weighted by atomic mass is 10.3.